The van der Waals surface area contributed by atoms with Gasteiger partial charge in [0.2, 0.25) is 17.8 Å². The maximum Gasteiger partial charge on any atom is 0.250 e. The van der Waals surface area contributed by atoms with E-state index in [0.29, 0.717) is 48.4 Å². The van der Waals surface area contributed by atoms with Gasteiger partial charge in [0.25, 0.3) is 0 Å². The van der Waals surface area contributed by atoms with E-state index in [1.165, 1.54) is 6.42 Å². The SMILES string of the molecule is Clc1ccccc1COc1ccc(Br)cc1/C=N/Nc1nc(N2CCCCC2)nc(N2CCOCC2)n1. The second-order valence-corrected chi connectivity index (χ2v) is 10.2. The summed E-state index contributed by atoms with van der Waals surface area (Å²) >= 11 is 9.82. The van der Waals surface area contributed by atoms with Gasteiger partial charge in [0.15, 0.2) is 0 Å². The van der Waals surface area contributed by atoms with Crippen molar-refractivity contribution in [2.75, 3.05) is 54.6 Å². The van der Waals surface area contributed by atoms with Gasteiger partial charge in [-0.3, -0.25) is 0 Å². The minimum absolute atomic E-state index is 0.352. The van der Waals surface area contributed by atoms with Crippen molar-refractivity contribution in [1.29, 1.82) is 0 Å². The molecule has 0 radical (unpaired) electrons. The molecule has 2 aliphatic heterocycles. The first-order valence-corrected chi connectivity index (χ1v) is 13.6. The summed E-state index contributed by atoms with van der Waals surface area (Å²) in [6.45, 7) is 5.05. The maximum absolute atomic E-state index is 6.29. The van der Waals surface area contributed by atoms with E-state index >= 15 is 0 Å². The molecule has 3 heterocycles. The van der Waals surface area contributed by atoms with Crippen molar-refractivity contribution in [2.24, 2.45) is 5.10 Å². The predicted molar refractivity (Wildman–Crippen MR) is 150 cm³/mol. The van der Waals surface area contributed by atoms with Crippen LogP contribution in [-0.2, 0) is 11.3 Å². The first-order valence-electron chi connectivity index (χ1n) is 12.4. The lowest BCUT2D eigenvalue weighted by atomic mass is 10.1. The molecule has 0 saturated carbocycles. The molecule has 1 N–H and O–H groups in total. The molecule has 3 aromatic rings. The Balaban J connectivity index is 1.34. The van der Waals surface area contributed by atoms with Crippen LogP contribution in [0.1, 0.15) is 30.4 Å². The highest BCUT2D eigenvalue weighted by atomic mass is 79.9. The number of nitrogens with one attached hydrogen (secondary N) is 1. The summed E-state index contributed by atoms with van der Waals surface area (Å²) in [6, 6.07) is 13.4. The highest BCUT2D eigenvalue weighted by molar-refractivity contribution is 9.10. The van der Waals surface area contributed by atoms with Crippen molar-refractivity contribution in [3.63, 3.8) is 0 Å². The molecule has 0 amide bonds. The van der Waals surface area contributed by atoms with Crippen LogP contribution in [0.5, 0.6) is 5.75 Å². The van der Waals surface area contributed by atoms with E-state index in [0.717, 1.165) is 54.6 Å². The van der Waals surface area contributed by atoms with E-state index in [2.05, 4.69) is 46.2 Å². The smallest absolute Gasteiger partial charge is 0.250 e. The van der Waals surface area contributed by atoms with Gasteiger partial charge in [0.1, 0.15) is 12.4 Å². The quantitative estimate of drug-likeness (QED) is 0.287. The van der Waals surface area contributed by atoms with Crippen LogP contribution in [0.25, 0.3) is 0 Å². The Bertz CT molecular complexity index is 1200. The molecule has 0 bridgehead atoms. The molecule has 37 heavy (non-hydrogen) atoms. The average molecular weight is 587 g/mol. The number of rotatable bonds is 8. The van der Waals surface area contributed by atoms with Gasteiger partial charge >= 0.3 is 0 Å². The third kappa shape index (κ3) is 6.88. The Morgan fingerprint density at radius 3 is 2.46 bits per heavy atom. The van der Waals surface area contributed by atoms with Crippen molar-refractivity contribution in [3.8, 4) is 5.75 Å². The molecule has 1 aromatic heterocycles. The Morgan fingerprint density at radius 2 is 1.70 bits per heavy atom. The van der Waals surface area contributed by atoms with Crippen molar-refractivity contribution < 1.29 is 9.47 Å². The molecule has 11 heteroatoms. The molecule has 2 aliphatic rings. The molecule has 194 valence electrons. The van der Waals surface area contributed by atoms with Crippen LogP contribution in [0.3, 0.4) is 0 Å². The molecule has 2 aromatic carbocycles. The van der Waals surface area contributed by atoms with Crippen LogP contribution in [-0.4, -0.2) is 60.6 Å². The van der Waals surface area contributed by atoms with E-state index < -0.39 is 0 Å². The Labute approximate surface area is 230 Å². The van der Waals surface area contributed by atoms with Crippen LogP contribution in [0.2, 0.25) is 5.02 Å². The lowest BCUT2D eigenvalue weighted by Crippen LogP contribution is -2.38. The van der Waals surface area contributed by atoms with E-state index in [-0.39, 0.29) is 0 Å². The van der Waals surface area contributed by atoms with E-state index in [9.17, 15) is 0 Å². The van der Waals surface area contributed by atoms with Gasteiger partial charge in [-0.15, -0.1) is 0 Å². The summed E-state index contributed by atoms with van der Waals surface area (Å²) in [7, 11) is 0. The van der Waals surface area contributed by atoms with Crippen molar-refractivity contribution in [2.45, 2.75) is 25.9 Å². The van der Waals surface area contributed by atoms with Crippen molar-refractivity contribution in [3.05, 3.63) is 63.1 Å². The molecular formula is C26H29BrClN7O2. The van der Waals surface area contributed by atoms with Gasteiger partial charge in [-0.1, -0.05) is 45.7 Å². The van der Waals surface area contributed by atoms with E-state index in [1.54, 1.807) is 6.21 Å². The van der Waals surface area contributed by atoms with Gasteiger partial charge in [0.05, 0.1) is 19.4 Å². The van der Waals surface area contributed by atoms with Crippen LogP contribution in [0.4, 0.5) is 17.8 Å². The van der Waals surface area contributed by atoms with Gasteiger partial charge in [-0.05, 0) is 43.5 Å². The molecule has 2 saturated heterocycles. The van der Waals surface area contributed by atoms with Crippen LogP contribution >= 0.6 is 27.5 Å². The van der Waals surface area contributed by atoms with Gasteiger partial charge in [0, 0.05) is 46.8 Å². The van der Waals surface area contributed by atoms with Crippen LogP contribution in [0, 0.1) is 0 Å². The second-order valence-electron chi connectivity index (χ2n) is 8.84. The highest BCUT2D eigenvalue weighted by Crippen LogP contribution is 2.25. The Kier molecular flexibility index (Phi) is 8.70. The average Bonchev–Trinajstić information content (AvgIpc) is 2.94. The van der Waals surface area contributed by atoms with E-state index in [4.69, 9.17) is 26.1 Å². The summed E-state index contributed by atoms with van der Waals surface area (Å²) in [5.74, 6) is 2.41. The monoisotopic (exact) mass is 585 g/mol. The minimum Gasteiger partial charge on any atom is -0.488 e. The number of ether oxygens (including phenoxy) is 2. The normalized spacial score (nSPS) is 16.3. The Morgan fingerprint density at radius 1 is 0.973 bits per heavy atom. The summed E-state index contributed by atoms with van der Waals surface area (Å²) in [6.07, 6.45) is 5.21. The summed E-state index contributed by atoms with van der Waals surface area (Å²) < 4.78 is 12.5. The second kappa shape index (κ2) is 12.5. The van der Waals surface area contributed by atoms with Crippen molar-refractivity contribution >= 4 is 51.6 Å². The molecule has 0 spiro atoms. The molecule has 9 nitrogen and oxygen atoms in total. The Hall–Kier alpha value is -2.95. The zero-order valence-corrected chi connectivity index (χ0v) is 22.8. The molecule has 5 rings (SSSR count). The number of morpholine rings is 1. The first-order chi connectivity index (χ1) is 18.2. The fourth-order valence-corrected chi connectivity index (χ4v) is 4.80. The number of anilines is 3. The zero-order valence-electron chi connectivity index (χ0n) is 20.4. The maximum atomic E-state index is 6.29. The lowest BCUT2D eigenvalue weighted by Gasteiger charge is -2.30. The number of hydrogen-bond acceptors (Lipinski definition) is 9. The van der Waals surface area contributed by atoms with Crippen LogP contribution in [0.15, 0.2) is 52.0 Å². The third-order valence-electron chi connectivity index (χ3n) is 6.23. The van der Waals surface area contributed by atoms with Gasteiger partial charge < -0.3 is 19.3 Å². The molecule has 2 fully saturated rings. The largest absolute Gasteiger partial charge is 0.488 e. The topological polar surface area (TPSA) is 88.0 Å². The standard InChI is InChI=1S/C26H29BrClN7O2/c27-21-8-9-23(37-18-19-6-2-3-7-22(19)28)20(16-21)17-29-33-24-30-25(34-10-4-1-5-11-34)32-26(31-24)35-12-14-36-15-13-35/h2-3,6-9,16-17H,1,4-5,10-15,18H2,(H,30,31,32,33)/b29-17+. The fraction of sp³-hybridized carbons (Fsp3) is 0.385. The number of nitrogens with zero attached hydrogens (tertiary/aromatic N) is 6. The number of hydrazone groups is 1. The van der Waals surface area contributed by atoms with E-state index in [1.807, 2.05) is 42.5 Å². The molecule has 0 unspecified atom stereocenters. The number of halogens is 2. The summed E-state index contributed by atoms with van der Waals surface area (Å²) in [4.78, 5) is 18.5. The minimum atomic E-state index is 0.352. The zero-order chi connectivity index (χ0) is 25.5. The van der Waals surface area contributed by atoms with Crippen molar-refractivity contribution in [1.82, 2.24) is 15.0 Å². The third-order valence-corrected chi connectivity index (χ3v) is 7.09. The van der Waals surface area contributed by atoms with Gasteiger partial charge in [-0.25, -0.2) is 5.43 Å². The molecule has 0 aliphatic carbocycles. The number of hydrogen-bond donors (Lipinski definition) is 1. The van der Waals surface area contributed by atoms with Crippen LogP contribution < -0.4 is 20.0 Å². The first kappa shape index (κ1) is 25.7. The van der Waals surface area contributed by atoms with Gasteiger partial charge in [-0.2, -0.15) is 20.1 Å². The number of aromatic nitrogens is 3. The number of benzene rings is 2. The lowest BCUT2D eigenvalue weighted by molar-refractivity contribution is 0.122. The predicted octanol–water partition coefficient (Wildman–Crippen LogP) is 5.14. The highest BCUT2D eigenvalue weighted by Gasteiger charge is 2.20. The summed E-state index contributed by atoms with van der Waals surface area (Å²) in [5.41, 5.74) is 4.73. The fourth-order valence-electron chi connectivity index (χ4n) is 4.23. The molecular weight excluding hydrogens is 558 g/mol. The number of piperidine rings is 1. The summed E-state index contributed by atoms with van der Waals surface area (Å²) in [5, 5.41) is 5.12. The molecule has 0 atom stereocenters.